The summed E-state index contributed by atoms with van der Waals surface area (Å²) >= 11 is 1.52. The number of ketones is 1. The highest BCUT2D eigenvalue weighted by molar-refractivity contribution is 7.09. The third-order valence-electron chi connectivity index (χ3n) is 3.29. The van der Waals surface area contributed by atoms with Gasteiger partial charge in [-0.25, -0.2) is 4.98 Å². The summed E-state index contributed by atoms with van der Waals surface area (Å²) in [5.41, 5.74) is 3.00. The van der Waals surface area contributed by atoms with E-state index in [9.17, 15) is 4.79 Å². The lowest BCUT2D eigenvalue weighted by molar-refractivity contribution is -0.117. The van der Waals surface area contributed by atoms with E-state index in [1.165, 1.54) is 11.3 Å². The van der Waals surface area contributed by atoms with Gasteiger partial charge in [-0.1, -0.05) is 36.4 Å². The Morgan fingerprint density at radius 1 is 1.00 bits per heavy atom. The van der Waals surface area contributed by atoms with Crippen LogP contribution in [0.5, 0.6) is 0 Å². The zero-order valence-electron chi connectivity index (χ0n) is 12.0. The zero-order valence-corrected chi connectivity index (χ0v) is 12.8. The Kier molecular flexibility index (Phi) is 4.61. The van der Waals surface area contributed by atoms with Crippen LogP contribution in [0.2, 0.25) is 0 Å². The van der Waals surface area contributed by atoms with Crippen LogP contribution in [0.25, 0.3) is 0 Å². The molecule has 1 N–H and O–H groups in total. The first kappa shape index (κ1) is 14.5. The molecule has 0 amide bonds. The predicted octanol–water partition coefficient (Wildman–Crippen LogP) is 4.24. The van der Waals surface area contributed by atoms with Crippen molar-refractivity contribution in [1.82, 2.24) is 4.98 Å². The molecule has 2 aromatic carbocycles. The Labute approximate surface area is 133 Å². The molecule has 0 fully saturated rings. The summed E-state index contributed by atoms with van der Waals surface area (Å²) in [6, 6.07) is 17.9. The van der Waals surface area contributed by atoms with Gasteiger partial charge in [0, 0.05) is 29.4 Å². The molecular formula is C18H16N2OS. The van der Waals surface area contributed by atoms with Crippen molar-refractivity contribution in [2.45, 2.75) is 12.8 Å². The predicted molar refractivity (Wildman–Crippen MR) is 90.7 cm³/mol. The number of rotatable bonds is 6. The van der Waals surface area contributed by atoms with E-state index in [4.69, 9.17) is 0 Å². The first-order valence-corrected chi connectivity index (χ1v) is 7.99. The minimum Gasteiger partial charge on any atom is -0.355 e. The molecule has 1 aromatic heterocycles. The van der Waals surface area contributed by atoms with Crippen LogP contribution in [0, 0.1) is 0 Å². The van der Waals surface area contributed by atoms with Gasteiger partial charge in [0.15, 0.2) is 0 Å². The second kappa shape index (κ2) is 7.00. The van der Waals surface area contributed by atoms with E-state index in [1.54, 1.807) is 6.20 Å². The van der Waals surface area contributed by atoms with Gasteiger partial charge >= 0.3 is 0 Å². The van der Waals surface area contributed by atoms with Crippen LogP contribution in [-0.4, -0.2) is 10.8 Å². The van der Waals surface area contributed by atoms with Crippen LogP contribution in [0.4, 0.5) is 11.4 Å². The van der Waals surface area contributed by atoms with Gasteiger partial charge in [0.2, 0.25) is 0 Å². The van der Waals surface area contributed by atoms with Crippen molar-refractivity contribution in [3.05, 3.63) is 76.7 Å². The fraction of sp³-hybridized carbons (Fsp3) is 0.111. The summed E-state index contributed by atoms with van der Waals surface area (Å²) < 4.78 is 0. The first-order valence-electron chi connectivity index (χ1n) is 7.11. The Morgan fingerprint density at radius 2 is 1.77 bits per heavy atom. The SMILES string of the molecule is O=C(Cc1nccs1)Cc1ccccc1Nc1ccccc1. The molecule has 0 radical (unpaired) electrons. The standard InChI is InChI=1S/C18H16N2OS/c21-16(13-18-19-10-11-22-18)12-14-6-4-5-9-17(14)20-15-7-2-1-3-8-15/h1-11,20H,12-13H2. The number of thiazole rings is 1. The highest BCUT2D eigenvalue weighted by Crippen LogP contribution is 2.21. The average molecular weight is 308 g/mol. The van der Waals surface area contributed by atoms with E-state index in [-0.39, 0.29) is 5.78 Å². The fourth-order valence-electron chi connectivity index (χ4n) is 2.26. The fourth-order valence-corrected chi connectivity index (χ4v) is 2.90. The highest BCUT2D eigenvalue weighted by atomic mass is 32.1. The lowest BCUT2D eigenvalue weighted by atomic mass is 10.0. The molecule has 22 heavy (non-hydrogen) atoms. The van der Waals surface area contributed by atoms with Crippen LogP contribution in [0.1, 0.15) is 10.6 Å². The number of anilines is 2. The third kappa shape index (κ3) is 3.80. The van der Waals surface area contributed by atoms with E-state index in [0.717, 1.165) is 21.9 Å². The van der Waals surface area contributed by atoms with Gasteiger partial charge in [0.05, 0.1) is 11.4 Å². The van der Waals surface area contributed by atoms with Gasteiger partial charge in [-0.05, 0) is 23.8 Å². The van der Waals surface area contributed by atoms with Gasteiger partial charge < -0.3 is 5.32 Å². The molecule has 0 aliphatic carbocycles. The highest BCUT2D eigenvalue weighted by Gasteiger charge is 2.10. The minimum absolute atomic E-state index is 0.178. The molecule has 0 aliphatic rings. The topological polar surface area (TPSA) is 42.0 Å². The third-order valence-corrected chi connectivity index (χ3v) is 4.07. The quantitative estimate of drug-likeness (QED) is 0.740. The zero-order chi connectivity index (χ0) is 15.2. The molecule has 3 nitrogen and oxygen atoms in total. The Hall–Kier alpha value is -2.46. The van der Waals surface area contributed by atoms with Crippen LogP contribution < -0.4 is 5.32 Å². The average Bonchev–Trinajstić information content (AvgIpc) is 3.03. The molecule has 1 heterocycles. The van der Waals surface area contributed by atoms with E-state index in [2.05, 4.69) is 10.3 Å². The molecule has 0 bridgehead atoms. The number of aromatic nitrogens is 1. The molecule has 0 spiro atoms. The second-order valence-corrected chi connectivity index (χ2v) is 5.95. The van der Waals surface area contributed by atoms with Gasteiger partial charge in [0.1, 0.15) is 5.78 Å². The maximum atomic E-state index is 12.2. The second-order valence-electron chi connectivity index (χ2n) is 4.97. The molecule has 0 saturated carbocycles. The number of Topliss-reactive ketones (excluding diaryl/α,β-unsaturated/α-hetero) is 1. The van der Waals surface area contributed by atoms with Crippen molar-refractivity contribution in [3.63, 3.8) is 0 Å². The maximum absolute atomic E-state index is 12.2. The monoisotopic (exact) mass is 308 g/mol. The summed E-state index contributed by atoms with van der Waals surface area (Å²) in [6.45, 7) is 0. The van der Waals surface area contributed by atoms with E-state index in [1.807, 2.05) is 60.0 Å². The summed E-state index contributed by atoms with van der Waals surface area (Å²) in [5.74, 6) is 0.178. The van der Waals surface area contributed by atoms with Crippen molar-refractivity contribution in [1.29, 1.82) is 0 Å². The number of para-hydroxylation sites is 2. The van der Waals surface area contributed by atoms with E-state index in [0.29, 0.717) is 12.8 Å². The van der Waals surface area contributed by atoms with Crippen molar-refractivity contribution >= 4 is 28.5 Å². The molecule has 110 valence electrons. The summed E-state index contributed by atoms with van der Waals surface area (Å²) in [7, 11) is 0. The van der Waals surface area contributed by atoms with E-state index < -0.39 is 0 Å². The lowest BCUT2D eigenvalue weighted by Gasteiger charge is -2.11. The molecule has 4 heteroatoms. The maximum Gasteiger partial charge on any atom is 0.144 e. The molecule has 0 atom stereocenters. The number of nitrogens with zero attached hydrogens (tertiary/aromatic N) is 1. The number of carbonyl (C=O) groups excluding carboxylic acids is 1. The Balaban J connectivity index is 1.72. The number of hydrogen-bond acceptors (Lipinski definition) is 4. The van der Waals surface area contributed by atoms with Gasteiger partial charge in [0.25, 0.3) is 0 Å². The molecule has 0 aliphatic heterocycles. The summed E-state index contributed by atoms with van der Waals surface area (Å²) in [4.78, 5) is 16.4. The molecule has 0 saturated heterocycles. The largest absolute Gasteiger partial charge is 0.355 e. The first-order chi connectivity index (χ1) is 10.8. The smallest absolute Gasteiger partial charge is 0.144 e. The van der Waals surface area contributed by atoms with E-state index >= 15 is 0 Å². The number of nitrogens with one attached hydrogen (secondary N) is 1. The summed E-state index contributed by atoms with van der Waals surface area (Å²) in [6.07, 6.45) is 2.55. The Morgan fingerprint density at radius 3 is 2.55 bits per heavy atom. The Bertz CT molecular complexity index is 739. The van der Waals surface area contributed by atoms with Gasteiger partial charge in [-0.3, -0.25) is 4.79 Å². The number of hydrogen-bond donors (Lipinski definition) is 1. The number of benzene rings is 2. The van der Waals surface area contributed by atoms with Crippen molar-refractivity contribution in [2.24, 2.45) is 0 Å². The normalized spacial score (nSPS) is 10.4. The molecular weight excluding hydrogens is 292 g/mol. The van der Waals surface area contributed by atoms with Crippen molar-refractivity contribution < 1.29 is 4.79 Å². The van der Waals surface area contributed by atoms with Crippen molar-refractivity contribution in [3.8, 4) is 0 Å². The molecule has 0 unspecified atom stereocenters. The van der Waals surface area contributed by atoms with Crippen LogP contribution in [0.3, 0.4) is 0 Å². The van der Waals surface area contributed by atoms with Crippen molar-refractivity contribution in [2.75, 3.05) is 5.32 Å². The molecule has 3 rings (SSSR count). The summed E-state index contributed by atoms with van der Waals surface area (Å²) in [5, 5.41) is 6.14. The number of carbonyl (C=O) groups is 1. The molecule has 3 aromatic rings. The van der Waals surface area contributed by atoms with Crippen LogP contribution in [0.15, 0.2) is 66.2 Å². The van der Waals surface area contributed by atoms with Crippen LogP contribution >= 0.6 is 11.3 Å². The van der Waals surface area contributed by atoms with Crippen LogP contribution in [-0.2, 0) is 17.6 Å². The van der Waals surface area contributed by atoms with Gasteiger partial charge in [-0.2, -0.15) is 0 Å². The van der Waals surface area contributed by atoms with Gasteiger partial charge in [-0.15, -0.1) is 11.3 Å². The lowest BCUT2D eigenvalue weighted by Crippen LogP contribution is -2.08. The minimum atomic E-state index is 0.178.